The molecule has 0 aliphatic carbocycles. The van der Waals surface area contributed by atoms with Crippen molar-refractivity contribution in [1.29, 1.82) is 0 Å². The van der Waals surface area contributed by atoms with Crippen LogP contribution in [0.15, 0.2) is 53.7 Å². The minimum absolute atomic E-state index is 0.0647. The number of ether oxygens (including phenoxy) is 2. The number of rotatable bonds is 5. The smallest absolute Gasteiger partial charge is 0.170 e. The summed E-state index contributed by atoms with van der Waals surface area (Å²) >= 11 is 0. The molecule has 0 unspecified atom stereocenters. The molecular formula is C15H16N2O3. The number of oxime groups is 1. The third-order valence-electron chi connectivity index (χ3n) is 2.61. The minimum Gasteiger partial charge on any atom is -0.494 e. The molecule has 0 fully saturated rings. The van der Waals surface area contributed by atoms with Crippen LogP contribution in [-0.4, -0.2) is 17.6 Å². The van der Waals surface area contributed by atoms with Crippen molar-refractivity contribution >= 4 is 5.84 Å². The molecule has 0 amide bonds. The summed E-state index contributed by atoms with van der Waals surface area (Å²) < 4.78 is 11.1. The number of nitrogens with zero attached hydrogens (tertiary/aromatic N) is 1. The monoisotopic (exact) mass is 272 g/mol. The molecule has 0 radical (unpaired) electrons. The normalized spacial score (nSPS) is 11.2. The predicted molar refractivity (Wildman–Crippen MR) is 76.6 cm³/mol. The van der Waals surface area contributed by atoms with Gasteiger partial charge in [-0.25, -0.2) is 0 Å². The van der Waals surface area contributed by atoms with Gasteiger partial charge < -0.3 is 20.4 Å². The van der Waals surface area contributed by atoms with E-state index >= 15 is 0 Å². The van der Waals surface area contributed by atoms with Crippen LogP contribution in [0.5, 0.6) is 17.2 Å². The fourth-order valence-electron chi connectivity index (χ4n) is 1.68. The molecule has 2 aromatic rings. The molecule has 0 heterocycles. The first-order chi connectivity index (χ1) is 9.72. The molecule has 0 aliphatic rings. The highest BCUT2D eigenvalue weighted by atomic mass is 16.5. The van der Waals surface area contributed by atoms with E-state index in [2.05, 4.69) is 5.16 Å². The van der Waals surface area contributed by atoms with Gasteiger partial charge >= 0.3 is 0 Å². The summed E-state index contributed by atoms with van der Waals surface area (Å²) in [4.78, 5) is 0. The summed E-state index contributed by atoms with van der Waals surface area (Å²) in [5.41, 5.74) is 6.12. The second kappa shape index (κ2) is 6.47. The van der Waals surface area contributed by atoms with Crippen molar-refractivity contribution in [1.82, 2.24) is 0 Å². The molecule has 2 aromatic carbocycles. The lowest BCUT2D eigenvalue weighted by atomic mass is 10.2. The highest BCUT2D eigenvalue weighted by Crippen LogP contribution is 2.25. The van der Waals surface area contributed by atoms with Gasteiger partial charge in [-0.2, -0.15) is 0 Å². The van der Waals surface area contributed by atoms with E-state index in [1.54, 1.807) is 24.3 Å². The fraction of sp³-hybridized carbons (Fsp3) is 0.133. The van der Waals surface area contributed by atoms with Gasteiger partial charge in [0.1, 0.15) is 17.2 Å². The first kappa shape index (κ1) is 13.7. The summed E-state index contributed by atoms with van der Waals surface area (Å²) in [6, 6.07) is 14.3. The Morgan fingerprint density at radius 1 is 1.10 bits per heavy atom. The average molecular weight is 272 g/mol. The van der Waals surface area contributed by atoms with E-state index < -0.39 is 0 Å². The molecular weight excluding hydrogens is 256 g/mol. The van der Waals surface area contributed by atoms with Crippen LogP contribution in [-0.2, 0) is 0 Å². The van der Waals surface area contributed by atoms with Crippen LogP contribution in [0.25, 0.3) is 0 Å². The first-order valence-corrected chi connectivity index (χ1v) is 6.21. The molecule has 3 N–H and O–H groups in total. The average Bonchev–Trinajstić information content (AvgIpc) is 2.48. The van der Waals surface area contributed by atoms with Crippen LogP contribution in [0.4, 0.5) is 0 Å². The topological polar surface area (TPSA) is 77.1 Å². The molecule has 0 saturated carbocycles. The van der Waals surface area contributed by atoms with E-state index in [0.717, 1.165) is 5.75 Å². The van der Waals surface area contributed by atoms with Gasteiger partial charge in [-0.1, -0.05) is 11.2 Å². The van der Waals surface area contributed by atoms with Crippen molar-refractivity contribution < 1.29 is 14.7 Å². The zero-order valence-electron chi connectivity index (χ0n) is 11.1. The van der Waals surface area contributed by atoms with Gasteiger partial charge in [0.05, 0.1) is 6.61 Å². The summed E-state index contributed by atoms with van der Waals surface area (Å²) in [5, 5.41) is 11.5. The summed E-state index contributed by atoms with van der Waals surface area (Å²) in [6.45, 7) is 2.54. The Morgan fingerprint density at radius 2 is 1.80 bits per heavy atom. The fourth-order valence-corrected chi connectivity index (χ4v) is 1.68. The van der Waals surface area contributed by atoms with Crippen molar-refractivity contribution in [2.75, 3.05) is 6.61 Å². The van der Waals surface area contributed by atoms with E-state index in [1.165, 1.54) is 0 Å². The maximum absolute atomic E-state index is 8.59. The summed E-state index contributed by atoms with van der Waals surface area (Å²) in [6.07, 6.45) is 0. The van der Waals surface area contributed by atoms with Gasteiger partial charge in [-0.05, 0) is 43.3 Å². The van der Waals surface area contributed by atoms with Crippen LogP contribution in [0, 0.1) is 0 Å². The van der Waals surface area contributed by atoms with Crippen LogP contribution < -0.4 is 15.2 Å². The molecule has 104 valence electrons. The molecule has 0 bridgehead atoms. The number of amidine groups is 1. The maximum atomic E-state index is 8.59. The Kier molecular flexibility index (Phi) is 4.44. The number of hydrogen-bond donors (Lipinski definition) is 2. The third kappa shape index (κ3) is 3.41. The Bertz CT molecular complexity index is 594. The Hall–Kier alpha value is -2.69. The molecule has 0 saturated heterocycles. The van der Waals surface area contributed by atoms with Crippen molar-refractivity contribution in [3.63, 3.8) is 0 Å². The standard InChI is InChI=1S/C15H16N2O3/c1-2-19-13-4-3-5-14(10-13)20-12-8-6-11(7-9-12)15(16)17-18/h3-10,18H,2H2,1H3,(H2,16,17). The van der Waals surface area contributed by atoms with Gasteiger partial charge in [0, 0.05) is 11.6 Å². The Labute approximate surface area is 117 Å². The predicted octanol–water partition coefficient (Wildman–Crippen LogP) is 2.97. The minimum atomic E-state index is 0.0647. The Morgan fingerprint density at radius 3 is 2.45 bits per heavy atom. The SMILES string of the molecule is CCOc1cccc(Oc2ccc(C(N)=NO)cc2)c1. The van der Waals surface area contributed by atoms with E-state index in [0.29, 0.717) is 23.7 Å². The van der Waals surface area contributed by atoms with Gasteiger partial charge in [-0.3, -0.25) is 0 Å². The van der Waals surface area contributed by atoms with Crippen LogP contribution in [0.1, 0.15) is 12.5 Å². The summed E-state index contributed by atoms with van der Waals surface area (Å²) in [5.74, 6) is 2.17. The highest BCUT2D eigenvalue weighted by Gasteiger charge is 2.02. The van der Waals surface area contributed by atoms with Crippen molar-refractivity contribution in [2.24, 2.45) is 10.9 Å². The lowest BCUT2D eigenvalue weighted by Crippen LogP contribution is -2.12. The molecule has 0 aromatic heterocycles. The van der Waals surface area contributed by atoms with E-state index in [-0.39, 0.29) is 5.84 Å². The molecule has 0 aliphatic heterocycles. The molecule has 0 atom stereocenters. The largest absolute Gasteiger partial charge is 0.494 e. The molecule has 20 heavy (non-hydrogen) atoms. The van der Waals surface area contributed by atoms with Crippen LogP contribution >= 0.6 is 0 Å². The number of benzene rings is 2. The second-order valence-corrected chi connectivity index (χ2v) is 4.02. The highest BCUT2D eigenvalue weighted by molar-refractivity contribution is 5.97. The van der Waals surface area contributed by atoms with Gasteiger partial charge in [0.25, 0.3) is 0 Å². The van der Waals surface area contributed by atoms with Crippen LogP contribution in [0.2, 0.25) is 0 Å². The number of hydrogen-bond acceptors (Lipinski definition) is 4. The van der Waals surface area contributed by atoms with Gasteiger partial charge in [0.15, 0.2) is 5.84 Å². The second-order valence-electron chi connectivity index (χ2n) is 4.02. The van der Waals surface area contributed by atoms with E-state index in [9.17, 15) is 0 Å². The zero-order chi connectivity index (χ0) is 14.4. The molecule has 5 heteroatoms. The third-order valence-corrected chi connectivity index (χ3v) is 2.61. The van der Waals surface area contributed by atoms with Crippen molar-refractivity contribution in [3.8, 4) is 17.2 Å². The lowest BCUT2D eigenvalue weighted by molar-refractivity contribution is 0.318. The van der Waals surface area contributed by atoms with Crippen molar-refractivity contribution in [2.45, 2.75) is 6.92 Å². The molecule has 2 rings (SSSR count). The molecule has 5 nitrogen and oxygen atoms in total. The Balaban J connectivity index is 2.12. The van der Waals surface area contributed by atoms with Gasteiger partial charge in [-0.15, -0.1) is 0 Å². The van der Waals surface area contributed by atoms with Gasteiger partial charge in [0.2, 0.25) is 0 Å². The maximum Gasteiger partial charge on any atom is 0.170 e. The molecule has 0 spiro atoms. The number of nitrogens with two attached hydrogens (primary N) is 1. The quantitative estimate of drug-likeness (QED) is 0.379. The first-order valence-electron chi connectivity index (χ1n) is 6.21. The van der Waals surface area contributed by atoms with E-state index in [4.69, 9.17) is 20.4 Å². The zero-order valence-corrected chi connectivity index (χ0v) is 11.1. The lowest BCUT2D eigenvalue weighted by Gasteiger charge is -2.08. The van der Waals surface area contributed by atoms with E-state index in [1.807, 2.05) is 31.2 Å². The van der Waals surface area contributed by atoms with Crippen molar-refractivity contribution in [3.05, 3.63) is 54.1 Å². The van der Waals surface area contributed by atoms with Crippen LogP contribution in [0.3, 0.4) is 0 Å². The summed E-state index contributed by atoms with van der Waals surface area (Å²) in [7, 11) is 0.